The van der Waals surface area contributed by atoms with E-state index in [-0.39, 0.29) is 18.3 Å². The molecule has 0 radical (unpaired) electrons. The first-order valence-corrected chi connectivity index (χ1v) is 8.50. The minimum absolute atomic E-state index is 0. The number of hydrogen-bond acceptors (Lipinski definition) is 4. The lowest BCUT2D eigenvalue weighted by atomic mass is 10.2. The first kappa shape index (κ1) is 20.4. The molecule has 3 N–H and O–H groups in total. The fraction of sp³-hybridized carbons (Fsp3) is 0.278. The molecule has 0 unspecified atom stereocenters. The fourth-order valence-corrected chi connectivity index (χ4v) is 2.94. The summed E-state index contributed by atoms with van der Waals surface area (Å²) in [4.78, 5) is 13.2. The second-order valence-electron chi connectivity index (χ2n) is 5.27. The van der Waals surface area contributed by atoms with Crippen molar-refractivity contribution >= 4 is 35.8 Å². The number of thioether (sulfide) groups is 1. The van der Waals surface area contributed by atoms with Gasteiger partial charge in [-0.3, -0.25) is 4.79 Å². The molecule has 1 amide bonds. The summed E-state index contributed by atoms with van der Waals surface area (Å²) in [6, 6.07) is 13.6. The summed E-state index contributed by atoms with van der Waals surface area (Å²) in [5, 5.41) is 2.89. The van der Waals surface area contributed by atoms with Crippen LogP contribution in [0.25, 0.3) is 0 Å². The Morgan fingerprint density at radius 3 is 2.54 bits per heavy atom. The lowest BCUT2D eigenvalue weighted by Crippen LogP contribution is -2.14. The van der Waals surface area contributed by atoms with Gasteiger partial charge in [0, 0.05) is 17.1 Å². The number of nitrogens with two attached hydrogens (primary N) is 1. The molecule has 0 spiro atoms. The maximum Gasteiger partial charge on any atom is 0.234 e. The number of carbonyl (C=O) groups excluding carboxylic acids is 1. The fourth-order valence-electron chi connectivity index (χ4n) is 2.01. The van der Waals surface area contributed by atoms with Gasteiger partial charge >= 0.3 is 0 Å². The Bertz CT molecular complexity index is 663. The van der Waals surface area contributed by atoms with E-state index in [9.17, 15) is 4.79 Å². The highest BCUT2D eigenvalue weighted by Crippen LogP contribution is 2.24. The van der Waals surface area contributed by atoms with Crippen LogP contribution in [0.3, 0.4) is 0 Å². The van der Waals surface area contributed by atoms with Crippen molar-refractivity contribution in [1.82, 2.24) is 0 Å². The van der Waals surface area contributed by atoms with Gasteiger partial charge in [0.15, 0.2) is 0 Å². The Labute approximate surface area is 153 Å². The molecule has 0 aliphatic carbocycles. The molecule has 2 rings (SSSR count). The molecule has 0 saturated carbocycles. The molecule has 0 heterocycles. The summed E-state index contributed by atoms with van der Waals surface area (Å²) >= 11 is 1.55. The smallest absolute Gasteiger partial charge is 0.234 e. The summed E-state index contributed by atoms with van der Waals surface area (Å²) in [6.45, 7) is 5.07. The number of nitrogens with one attached hydrogen (secondary N) is 1. The molecule has 0 aliphatic rings. The Kier molecular flexibility index (Phi) is 8.68. The second kappa shape index (κ2) is 10.2. The molecule has 130 valence electrons. The second-order valence-corrected chi connectivity index (χ2v) is 6.28. The van der Waals surface area contributed by atoms with Gasteiger partial charge in [-0.1, -0.05) is 17.7 Å². The third-order valence-electron chi connectivity index (χ3n) is 3.23. The van der Waals surface area contributed by atoms with E-state index in [1.54, 1.807) is 11.8 Å². The van der Waals surface area contributed by atoms with Crippen LogP contribution in [0.5, 0.6) is 5.75 Å². The van der Waals surface area contributed by atoms with E-state index >= 15 is 0 Å². The molecular formula is C18H23ClN2O2S. The van der Waals surface area contributed by atoms with Crippen LogP contribution in [0.15, 0.2) is 47.4 Å². The topological polar surface area (TPSA) is 64.3 Å². The third-order valence-corrected chi connectivity index (χ3v) is 4.38. The highest BCUT2D eigenvalue weighted by Gasteiger charge is 2.06. The van der Waals surface area contributed by atoms with Gasteiger partial charge in [-0.05, 0) is 49.7 Å². The van der Waals surface area contributed by atoms with Crippen LogP contribution in [0.4, 0.5) is 5.69 Å². The van der Waals surface area contributed by atoms with Gasteiger partial charge in [-0.15, -0.1) is 24.2 Å². The molecule has 2 aromatic carbocycles. The quantitative estimate of drug-likeness (QED) is 0.731. The molecule has 0 aromatic heterocycles. The molecule has 24 heavy (non-hydrogen) atoms. The molecule has 0 saturated heterocycles. The number of carbonyl (C=O) groups is 1. The Morgan fingerprint density at radius 1 is 1.17 bits per heavy atom. The lowest BCUT2D eigenvalue weighted by molar-refractivity contribution is -0.113. The Morgan fingerprint density at radius 2 is 1.88 bits per heavy atom. The van der Waals surface area contributed by atoms with E-state index in [0.717, 1.165) is 16.3 Å². The monoisotopic (exact) mass is 366 g/mol. The van der Waals surface area contributed by atoms with Crippen LogP contribution in [0.2, 0.25) is 0 Å². The summed E-state index contributed by atoms with van der Waals surface area (Å²) in [5.41, 5.74) is 8.54. The maximum absolute atomic E-state index is 12.1. The van der Waals surface area contributed by atoms with E-state index < -0.39 is 0 Å². The summed E-state index contributed by atoms with van der Waals surface area (Å²) in [7, 11) is 0. The Hall–Kier alpha value is -1.69. The third kappa shape index (κ3) is 6.43. The average Bonchev–Trinajstić information content (AvgIpc) is 2.55. The van der Waals surface area contributed by atoms with E-state index in [0.29, 0.717) is 18.9 Å². The summed E-state index contributed by atoms with van der Waals surface area (Å²) < 4.78 is 5.40. The van der Waals surface area contributed by atoms with Gasteiger partial charge < -0.3 is 15.8 Å². The molecule has 2 aromatic rings. The molecule has 0 atom stereocenters. The molecule has 0 aliphatic heterocycles. The lowest BCUT2D eigenvalue weighted by Gasteiger charge is -2.09. The van der Waals surface area contributed by atoms with Gasteiger partial charge in [-0.25, -0.2) is 0 Å². The number of hydrogen-bond donors (Lipinski definition) is 2. The first-order chi connectivity index (χ1) is 11.1. The molecule has 0 bridgehead atoms. The van der Waals surface area contributed by atoms with Crippen molar-refractivity contribution in [2.45, 2.75) is 18.7 Å². The number of benzene rings is 2. The van der Waals surface area contributed by atoms with Gasteiger partial charge in [0.2, 0.25) is 5.91 Å². The number of halogens is 1. The summed E-state index contributed by atoms with van der Waals surface area (Å²) in [6.07, 6.45) is 0. The van der Waals surface area contributed by atoms with Gasteiger partial charge in [0.05, 0.1) is 5.75 Å². The van der Waals surface area contributed by atoms with E-state index in [2.05, 4.69) is 37.4 Å². The van der Waals surface area contributed by atoms with Crippen molar-refractivity contribution in [3.8, 4) is 5.75 Å². The standard InChI is InChI=1S/C18H22N2O2S.ClH/c1-13-3-4-14(2)17(11-13)23-12-18(21)20-15-5-7-16(8-6-15)22-10-9-19;/h3-8,11H,9-10,12,19H2,1-2H3,(H,20,21);1H. The number of amides is 1. The highest BCUT2D eigenvalue weighted by atomic mass is 35.5. The van der Waals surface area contributed by atoms with Crippen molar-refractivity contribution in [2.75, 3.05) is 24.2 Å². The zero-order valence-electron chi connectivity index (χ0n) is 13.9. The Balaban J connectivity index is 0.00000288. The minimum atomic E-state index is -0.0217. The average molecular weight is 367 g/mol. The van der Waals surface area contributed by atoms with Crippen molar-refractivity contribution < 1.29 is 9.53 Å². The largest absolute Gasteiger partial charge is 0.492 e. The number of anilines is 1. The van der Waals surface area contributed by atoms with Crippen LogP contribution in [-0.4, -0.2) is 24.8 Å². The highest BCUT2D eigenvalue weighted by molar-refractivity contribution is 8.00. The normalized spacial score (nSPS) is 9.96. The van der Waals surface area contributed by atoms with E-state index in [4.69, 9.17) is 10.5 Å². The van der Waals surface area contributed by atoms with Crippen LogP contribution < -0.4 is 15.8 Å². The minimum Gasteiger partial charge on any atom is -0.492 e. The molecule has 4 nitrogen and oxygen atoms in total. The summed E-state index contributed by atoms with van der Waals surface area (Å²) in [5.74, 6) is 1.11. The maximum atomic E-state index is 12.1. The van der Waals surface area contributed by atoms with Crippen molar-refractivity contribution in [3.05, 3.63) is 53.6 Å². The predicted octanol–water partition coefficient (Wildman–Crippen LogP) is 3.79. The van der Waals surface area contributed by atoms with Crippen LogP contribution in [-0.2, 0) is 4.79 Å². The van der Waals surface area contributed by atoms with Crippen molar-refractivity contribution in [3.63, 3.8) is 0 Å². The van der Waals surface area contributed by atoms with Crippen molar-refractivity contribution in [1.29, 1.82) is 0 Å². The van der Waals surface area contributed by atoms with Crippen molar-refractivity contribution in [2.24, 2.45) is 5.73 Å². The zero-order chi connectivity index (χ0) is 16.7. The van der Waals surface area contributed by atoms with E-state index in [1.165, 1.54) is 11.1 Å². The van der Waals surface area contributed by atoms with Crippen LogP contribution in [0, 0.1) is 13.8 Å². The van der Waals surface area contributed by atoms with Gasteiger partial charge in [0.1, 0.15) is 12.4 Å². The van der Waals surface area contributed by atoms with E-state index in [1.807, 2.05) is 24.3 Å². The predicted molar refractivity (Wildman–Crippen MR) is 104 cm³/mol. The molecular weight excluding hydrogens is 344 g/mol. The zero-order valence-corrected chi connectivity index (χ0v) is 15.5. The van der Waals surface area contributed by atoms with Crippen LogP contribution >= 0.6 is 24.2 Å². The first-order valence-electron chi connectivity index (χ1n) is 7.51. The van der Waals surface area contributed by atoms with Gasteiger partial charge in [-0.2, -0.15) is 0 Å². The SMILES string of the molecule is Cc1ccc(C)c(SCC(=O)Nc2ccc(OCCN)cc2)c1.Cl. The number of rotatable bonds is 7. The van der Waals surface area contributed by atoms with Gasteiger partial charge in [0.25, 0.3) is 0 Å². The van der Waals surface area contributed by atoms with Crippen LogP contribution in [0.1, 0.15) is 11.1 Å². The molecule has 0 fully saturated rings. The molecule has 6 heteroatoms. The number of ether oxygens (including phenoxy) is 1. The number of aryl methyl sites for hydroxylation is 2.